The predicted molar refractivity (Wildman–Crippen MR) is 265 cm³/mol. The van der Waals surface area contributed by atoms with Crippen molar-refractivity contribution >= 4 is 10.4 Å². The van der Waals surface area contributed by atoms with Gasteiger partial charge in [-0.05, 0) is 176 Å². The maximum Gasteiger partial charge on any atom is 0.397 e. The number of aliphatic hydroxyl groups is 3. The molecule has 392 valence electrons. The van der Waals surface area contributed by atoms with Crippen molar-refractivity contribution in [3.05, 3.63) is 33.9 Å². The molecule has 0 radical (unpaired) electrons. The van der Waals surface area contributed by atoms with E-state index >= 15 is 0 Å². The fraction of sp³-hybridized carbons (Fsp3) is 0.897. The third-order valence-corrected chi connectivity index (χ3v) is 25.4. The highest BCUT2D eigenvalue weighted by Crippen LogP contribution is 2.74. The molecule has 4 saturated carbocycles. The van der Waals surface area contributed by atoms with Gasteiger partial charge in [-0.2, -0.15) is 8.42 Å². The Kier molecular flexibility index (Phi) is 10.8. The van der Waals surface area contributed by atoms with Gasteiger partial charge < -0.3 is 34.3 Å². The molecule has 6 bridgehead atoms. The van der Waals surface area contributed by atoms with E-state index in [9.17, 15) is 28.3 Å². The molecule has 6 aliphatic heterocycles. The molecule has 2 spiro atoms. The summed E-state index contributed by atoms with van der Waals surface area (Å²) in [6.45, 7) is 26.0. The van der Waals surface area contributed by atoms with Crippen LogP contribution in [0.5, 0.6) is 0 Å². The minimum atomic E-state index is -4.81. The molecule has 0 amide bonds. The molecule has 0 aromatic carbocycles. The molecule has 4 N–H and O–H groups in total. The van der Waals surface area contributed by atoms with Gasteiger partial charge in [-0.3, -0.25) is 4.55 Å². The average molecular weight is 993 g/mol. The topological polar surface area (TPSA) is 161 Å². The van der Waals surface area contributed by atoms with Crippen LogP contribution in [0.4, 0.5) is 0 Å². The van der Waals surface area contributed by atoms with E-state index in [1.165, 1.54) is 36.0 Å². The Morgan fingerprint density at radius 3 is 2.16 bits per heavy atom. The Bertz CT molecular complexity index is 2410. The Hall–Kier alpha value is -1.19. The lowest BCUT2D eigenvalue weighted by Crippen LogP contribution is -2.76. The molecule has 6 saturated heterocycles. The first-order chi connectivity index (χ1) is 32.5. The van der Waals surface area contributed by atoms with E-state index in [1.807, 2.05) is 13.8 Å². The molecule has 19 atom stereocenters. The van der Waals surface area contributed by atoms with E-state index in [0.717, 1.165) is 70.6 Å². The van der Waals surface area contributed by atoms with Gasteiger partial charge in [0.2, 0.25) is 0 Å². The van der Waals surface area contributed by atoms with Crippen LogP contribution in [-0.4, -0.2) is 88.7 Å². The van der Waals surface area contributed by atoms with Gasteiger partial charge in [0, 0.05) is 34.0 Å². The number of rotatable bonds is 8. The fourth-order valence-corrected chi connectivity index (χ4v) is 21.9. The first kappa shape index (κ1) is 49.7. The van der Waals surface area contributed by atoms with Crippen LogP contribution in [0.3, 0.4) is 0 Å². The van der Waals surface area contributed by atoms with Gasteiger partial charge in [0.1, 0.15) is 6.10 Å². The number of hydrogen-bond acceptors (Lipinski definition) is 10. The monoisotopic (exact) mass is 993 g/mol. The van der Waals surface area contributed by atoms with Crippen LogP contribution in [0.2, 0.25) is 0 Å². The highest BCUT2D eigenvalue weighted by atomic mass is 32.3. The minimum Gasteiger partial charge on any atom is -0.387 e. The van der Waals surface area contributed by atoms with E-state index < -0.39 is 50.9 Å². The third-order valence-electron chi connectivity index (χ3n) is 24.9. The van der Waals surface area contributed by atoms with Crippen molar-refractivity contribution in [2.45, 2.75) is 233 Å². The van der Waals surface area contributed by atoms with Crippen LogP contribution in [0, 0.1) is 79.8 Å². The second-order valence-corrected chi connectivity index (χ2v) is 29.7. The van der Waals surface area contributed by atoms with Gasteiger partial charge in [0.25, 0.3) is 0 Å². The summed E-state index contributed by atoms with van der Waals surface area (Å²) in [5.74, 6) is -0.282. The second kappa shape index (κ2) is 15.3. The second-order valence-electron chi connectivity index (χ2n) is 28.7. The van der Waals surface area contributed by atoms with E-state index in [-0.39, 0.29) is 64.0 Å². The highest BCUT2D eigenvalue weighted by molar-refractivity contribution is 7.80. The maximum absolute atomic E-state index is 12.6. The standard InChI is InChI=1S/C58H88O11S/c1-32(37-14-16-39-35-13-18-45-49(3,4)57(60)25-24-55(45,30-65-57)41(35)20-22-52(37,39)9)12-19-47-54(11)28-34(51(7,8)69-54)26-43(67-47)33(2)38-15-17-40-36-27-44(68-70(62,63)64)48-50(5,6)58(61)46(59)29-56(48,31-66-58)42(36)21-23-53(38,40)10/h18,32-34,37-40,43-44,46-48,59-61H,12-17,19-31H2,1-11H3,(H,62,63,64). The summed E-state index contributed by atoms with van der Waals surface area (Å²) in [6.07, 6.45) is 16.8. The zero-order valence-corrected chi connectivity index (χ0v) is 45.3. The van der Waals surface area contributed by atoms with Gasteiger partial charge in [0.15, 0.2) is 11.6 Å². The molecule has 8 aliphatic carbocycles. The van der Waals surface area contributed by atoms with Gasteiger partial charge in [-0.25, -0.2) is 4.18 Å². The SMILES string of the molecule is CC(CCC1OC(C(C)C2CCC3C4=C(CCC32C)C23COC(O)(C(O)C2)C(C)(C)C3C(OS(=O)(=O)O)C4)CC2CC1(C)OC2(C)C)C1CCC2C3=C(CCC21C)C12CCC(O)(OC1)C(C)(C)C2=CC3. The molecule has 14 rings (SSSR count). The van der Waals surface area contributed by atoms with Crippen LogP contribution in [-0.2, 0) is 33.5 Å². The quantitative estimate of drug-likeness (QED) is 0.135. The summed E-state index contributed by atoms with van der Waals surface area (Å²) >= 11 is 0. The van der Waals surface area contributed by atoms with Gasteiger partial charge in [0.05, 0.1) is 42.7 Å². The van der Waals surface area contributed by atoms with Crippen molar-refractivity contribution in [1.82, 2.24) is 0 Å². The summed E-state index contributed by atoms with van der Waals surface area (Å²) < 4.78 is 68.4. The molecular weight excluding hydrogens is 905 g/mol. The predicted octanol–water partition coefficient (Wildman–Crippen LogP) is 10.6. The Balaban J connectivity index is 0.782. The number of allylic oxidation sites excluding steroid dienone is 2. The smallest absolute Gasteiger partial charge is 0.387 e. The summed E-state index contributed by atoms with van der Waals surface area (Å²) in [4.78, 5) is 0. The van der Waals surface area contributed by atoms with E-state index in [1.54, 1.807) is 11.1 Å². The maximum atomic E-state index is 12.6. The lowest BCUT2D eigenvalue weighted by atomic mass is 9.42. The van der Waals surface area contributed by atoms with Crippen LogP contribution in [0.1, 0.15) is 185 Å². The molecule has 19 unspecified atom stereocenters. The first-order valence-electron chi connectivity index (χ1n) is 28.1. The zero-order valence-electron chi connectivity index (χ0n) is 44.5. The van der Waals surface area contributed by atoms with E-state index in [4.69, 9.17) is 23.1 Å². The molecule has 12 heteroatoms. The lowest BCUT2D eigenvalue weighted by Gasteiger charge is -2.69. The Morgan fingerprint density at radius 2 is 1.49 bits per heavy atom. The Labute approximate surface area is 419 Å². The fourth-order valence-electron chi connectivity index (χ4n) is 21.4. The average Bonchev–Trinajstić information content (AvgIpc) is 3.85. The number of ether oxygens (including phenoxy) is 4. The zero-order chi connectivity index (χ0) is 50.0. The summed E-state index contributed by atoms with van der Waals surface area (Å²) in [7, 11) is -4.81. The van der Waals surface area contributed by atoms with Gasteiger partial charge in [-0.1, -0.05) is 89.3 Å². The molecule has 6 heterocycles. The van der Waals surface area contributed by atoms with Gasteiger partial charge in [-0.15, -0.1) is 0 Å². The first-order valence-corrected chi connectivity index (χ1v) is 29.4. The van der Waals surface area contributed by atoms with Crippen molar-refractivity contribution in [1.29, 1.82) is 0 Å². The van der Waals surface area contributed by atoms with Crippen LogP contribution in [0.25, 0.3) is 0 Å². The molecule has 70 heavy (non-hydrogen) atoms. The van der Waals surface area contributed by atoms with E-state index in [2.05, 4.69) is 68.4 Å². The summed E-state index contributed by atoms with van der Waals surface area (Å²) in [6, 6.07) is 0. The lowest BCUT2D eigenvalue weighted by molar-refractivity contribution is -0.408. The highest BCUT2D eigenvalue weighted by Gasteiger charge is 2.75. The minimum absolute atomic E-state index is 0.00938. The largest absolute Gasteiger partial charge is 0.397 e. The normalized spacial score (nSPS) is 52.2. The number of hydrogen-bond donors (Lipinski definition) is 4. The van der Waals surface area contributed by atoms with E-state index in [0.29, 0.717) is 55.0 Å². The van der Waals surface area contributed by atoms with Crippen LogP contribution >= 0.6 is 0 Å². The van der Waals surface area contributed by atoms with Crippen molar-refractivity contribution in [2.75, 3.05) is 13.2 Å². The van der Waals surface area contributed by atoms with Gasteiger partial charge >= 0.3 is 10.4 Å². The summed E-state index contributed by atoms with van der Waals surface area (Å²) in [5, 5.41) is 34.8. The molecule has 14 aliphatic rings. The van der Waals surface area contributed by atoms with Crippen LogP contribution in [0.15, 0.2) is 33.9 Å². The van der Waals surface area contributed by atoms with Crippen molar-refractivity contribution in [3.63, 3.8) is 0 Å². The molecule has 10 fully saturated rings. The van der Waals surface area contributed by atoms with Crippen molar-refractivity contribution < 1.29 is 51.4 Å². The van der Waals surface area contributed by atoms with Crippen molar-refractivity contribution in [3.8, 4) is 0 Å². The molecule has 11 nitrogen and oxygen atoms in total. The molecule has 0 aromatic heterocycles. The third kappa shape index (κ3) is 6.39. The summed E-state index contributed by atoms with van der Waals surface area (Å²) in [5.41, 5.74) is 4.81. The number of fused-ring (bicyclic) bond motifs is 10. The Morgan fingerprint density at radius 1 is 0.814 bits per heavy atom. The van der Waals surface area contributed by atoms with Crippen LogP contribution < -0.4 is 0 Å². The molecular formula is C58H88O11S. The van der Waals surface area contributed by atoms with Crippen molar-refractivity contribution in [2.24, 2.45) is 79.8 Å². The number of aliphatic hydroxyl groups excluding tert-OH is 1. The molecule has 0 aromatic rings.